The second kappa shape index (κ2) is 5.96. The Balaban J connectivity index is 1.74. The summed E-state index contributed by atoms with van der Waals surface area (Å²) in [7, 11) is 0. The van der Waals surface area contributed by atoms with Crippen LogP contribution in [0.4, 0.5) is 5.69 Å². The number of pyridine rings is 1. The third-order valence-corrected chi connectivity index (χ3v) is 4.59. The van der Waals surface area contributed by atoms with Crippen LogP contribution in [0, 0.1) is 0 Å². The highest BCUT2D eigenvalue weighted by molar-refractivity contribution is 5.99. The molecule has 0 amide bonds. The maximum Gasteiger partial charge on any atom is 0.335 e. The van der Waals surface area contributed by atoms with Gasteiger partial charge in [0.15, 0.2) is 0 Å². The number of aryl methyl sites for hydroxylation is 2. The van der Waals surface area contributed by atoms with E-state index in [1.807, 2.05) is 12.1 Å². The van der Waals surface area contributed by atoms with Crippen molar-refractivity contribution in [1.29, 1.82) is 0 Å². The average Bonchev–Trinajstić information content (AvgIpc) is 3.10. The largest absolute Gasteiger partial charge is 0.478 e. The minimum atomic E-state index is -0.906. The molecular formula is C20H18N2O2. The highest BCUT2D eigenvalue weighted by Crippen LogP contribution is 2.33. The third kappa shape index (κ3) is 2.60. The number of rotatable bonds is 4. The summed E-state index contributed by atoms with van der Waals surface area (Å²) in [5.41, 5.74) is 5.88. The van der Waals surface area contributed by atoms with Crippen LogP contribution in [0.15, 0.2) is 48.5 Å². The van der Waals surface area contributed by atoms with Gasteiger partial charge in [0, 0.05) is 23.3 Å². The first kappa shape index (κ1) is 14.7. The number of hydrogen-bond donors (Lipinski definition) is 2. The van der Waals surface area contributed by atoms with Crippen molar-refractivity contribution in [3.63, 3.8) is 0 Å². The highest BCUT2D eigenvalue weighted by Gasteiger charge is 2.20. The summed E-state index contributed by atoms with van der Waals surface area (Å²) >= 11 is 0. The number of nitrogens with zero attached hydrogens (tertiary/aromatic N) is 1. The van der Waals surface area contributed by atoms with Gasteiger partial charge in [0.1, 0.15) is 0 Å². The standard InChI is InChI=1S/C20H18N2O2/c23-20(24)14-7-9-18-16(12-14)19-15(10-11-21-19)17(22-18)8-6-13-4-2-1-3-5-13/h1-5,7,9,12,21H,6,8,10-11H2,(H,23,24). The van der Waals surface area contributed by atoms with Crippen LogP contribution in [-0.4, -0.2) is 22.6 Å². The van der Waals surface area contributed by atoms with Crippen molar-refractivity contribution in [3.8, 4) is 0 Å². The molecule has 0 fully saturated rings. The van der Waals surface area contributed by atoms with Crippen molar-refractivity contribution in [2.75, 3.05) is 11.9 Å². The third-order valence-electron chi connectivity index (χ3n) is 4.59. The number of carboxylic acid groups (broad SMARTS) is 1. The van der Waals surface area contributed by atoms with E-state index in [1.165, 1.54) is 11.1 Å². The maximum absolute atomic E-state index is 11.2. The first-order valence-electron chi connectivity index (χ1n) is 8.19. The fourth-order valence-corrected chi connectivity index (χ4v) is 3.38. The molecule has 2 N–H and O–H groups in total. The average molecular weight is 318 g/mol. The Hall–Kier alpha value is -2.88. The Kier molecular flexibility index (Phi) is 3.65. The lowest BCUT2D eigenvalue weighted by Crippen LogP contribution is -2.02. The second-order valence-electron chi connectivity index (χ2n) is 6.11. The van der Waals surface area contributed by atoms with E-state index < -0.39 is 5.97 Å². The second-order valence-corrected chi connectivity index (χ2v) is 6.11. The normalized spacial score (nSPS) is 12.8. The summed E-state index contributed by atoms with van der Waals surface area (Å²) in [6.45, 7) is 0.881. The van der Waals surface area contributed by atoms with E-state index in [0.29, 0.717) is 5.56 Å². The number of aromatic nitrogens is 1. The monoisotopic (exact) mass is 318 g/mol. The molecule has 0 bridgehead atoms. The molecule has 0 atom stereocenters. The van der Waals surface area contributed by atoms with Crippen LogP contribution in [0.5, 0.6) is 0 Å². The van der Waals surface area contributed by atoms with Gasteiger partial charge in [-0.05, 0) is 48.6 Å². The topological polar surface area (TPSA) is 62.2 Å². The van der Waals surface area contributed by atoms with Crippen molar-refractivity contribution in [3.05, 3.63) is 70.9 Å². The van der Waals surface area contributed by atoms with Crippen molar-refractivity contribution in [1.82, 2.24) is 4.98 Å². The van der Waals surface area contributed by atoms with Crippen LogP contribution < -0.4 is 5.32 Å². The zero-order valence-corrected chi connectivity index (χ0v) is 13.2. The van der Waals surface area contributed by atoms with Gasteiger partial charge in [-0.25, -0.2) is 4.79 Å². The van der Waals surface area contributed by atoms with Crippen molar-refractivity contribution < 1.29 is 9.90 Å². The zero-order valence-electron chi connectivity index (χ0n) is 13.2. The predicted molar refractivity (Wildman–Crippen MR) is 94.7 cm³/mol. The Morgan fingerprint density at radius 1 is 1.12 bits per heavy atom. The molecule has 1 aliphatic rings. The minimum Gasteiger partial charge on any atom is -0.478 e. The van der Waals surface area contributed by atoms with Gasteiger partial charge in [-0.2, -0.15) is 0 Å². The van der Waals surface area contributed by atoms with Crippen molar-refractivity contribution in [2.24, 2.45) is 0 Å². The van der Waals surface area contributed by atoms with Crippen LogP contribution in [0.1, 0.15) is 27.2 Å². The lowest BCUT2D eigenvalue weighted by molar-refractivity contribution is 0.0697. The smallest absolute Gasteiger partial charge is 0.335 e. The van der Waals surface area contributed by atoms with E-state index in [-0.39, 0.29) is 0 Å². The van der Waals surface area contributed by atoms with Gasteiger partial charge < -0.3 is 10.4 Å². The van der Waals surface area contributed by atoms with Gasteiger partial charge >= 0.3 is 5.97 Å². The summed E-state index contributed by atoms with van der Waals surface area (Å²) in [5, 5.41) is 13.5. The van der Waals surface area contributed by atoms with Crippen LogP contribution >= 0.6 is 0 Å². The first-order valence-corrected chi connectivity index (χ1v) is 8.19. The van der Waals surface area contributed by atoms with E-state index in [0.717, 1.165) is 48.1 Å². The molecular weight excluding hydrogens is 300 g/mol. The van der Waals surface area contributed by atoms with Crippen LogP contribution in [0.3, 0.4) is 0 Å². The Labute approximate surface area is 140 Å². The van der Waals surface area contributed by atoms with E-state index in [9.17, 15) is 9.90 Å². The molecule has 1 aromatic heterocycles. The molecule has 4 nitrogen and oxygen atoms in total. The molecule has 120 valence electrons. The molecule has 24 heavy (non-hydrogen) atoms. The molecule has 4 rings (SSSR count). The summed E-state index contributed by atoms with van der Waals surface area (Å²) in [6.07, 6.45) is 2.79. The zero-order chi connectivity index (χ0) is 16.5. The fourth-order valence-electron chi connectivity index (χ4n) is 3.38. The first-order chi connectivity index (χ1) is 11.7. The Morgan fingerprint density at radius 2 is 1.96 bits per heavy atom. The molecule has 0 spiro atoms. The summed E-state index contributed by atoms with van der Waals surface area (Å²) < 4.78 is 0. The molecule has 0 saturated heterocycles. The van der Waals surface area contributed by atoms with Gasteiger partial charge in [0.25, 0.3) is 0 Å². The Bertz CT molecular complexity index is 920. The number of fused-ring (bicyclic) bond motifs is 3. The number of nitrogens with one attached hydrogen (secondary N) is 1. The lowest BCUT2D eigenvalue weighted by Gasteiger charge is -2.12. The number of carboxylic acids is 1. The molecule has 0 unspecified atom stereocenters. The number of hydrogen-bond acceptors (Lipinski definition) is 3. The summed E-state index contributed by atoms with van der Waals surface area (Å²) in [6, 6.07) is 15.6. The molecule has 1 aliphatic heterocycles. The summed E-state index contributed by atoms with van der Waals surface area (Å²) in [5.74, 6) is -0.906. The number of anilines is 1. The quantitative estimate of drug-likeness (QED) is 0.770. The highest BCUT2D eigenvalue weighted by atomic mass is 16.4. The molecule has 0 aliphatic carbocycles. The van der Waals surface area contributed by atoms with Crippen LogP contribution in [-0.2, 0) is 19.3 Å². The molecule has 2 aromatic carbocycles. The van der Waals surface area contributed by atoms with Crippen LogP contribution in [0.25, 0.3) is 10.9 Å². The van der Waals surface area contributed by atoms with E-state index in [2.05, 4.69) is 29.6 Å². The predicted octanol–water partition coefficient (Wildman–Crippen LogP) is 3.69. The van der Waals surface area contributed by atoms with Gasteiger partial charge in [-0.1, -0.05) is 30.3 Å². The van der Waals surface area contributed by atoms with E-state index in [1.54, 1.807) is 12.1 Å². The maximum atomic E-state index is 11.2. The number of carbonyl (C=O) groups is 1. The van der Waals surface area contributed by atoms with Gasteiger partial charge in [-0.3, -0.25) is 4.98 Å². The molecule has 0 radical (unpaired) electrons. The lowest BCUT2D eigenvalue weighted by atomic mass is 10.00. The molecule has 3 aromatic rings. The van der Waals surface area contributed by atoms with E-state index in [4.69, 9.17) is 4.98 Å². The van der Waals surface area contributed by atoms with Crippen LogP contribution in [0.2, 0.25) is 0 Å². The molecule has 4 heteroatoms. The minimum absolute atomic E-state index is 0.303. The number of aromatic carboxylic acids is 1. The summed E-state index contributed by atoms with van der Waals surface area (Å²) in [4.78, 5) is 16.1. The van der Waals surface area contributed by atoms with Crippen molar-refractivity contribution in [2.45, 2.75) is 19.3 Å². The van der Waals surface area contributed by atoms with Gasteiger partial charge in [0.2, 0.25) is 0 Å². The molecule has 0 saturated carbocycles. The van der Waals surface area contributed by atoms with Gasteiger partial charge in [-0.15, -0.1) is 0 Å². The van der Waals surface area contributed by atoms with Crippen molar-refractivity contribution >= 4 is 22.6 Å². The molecule has 2 heterocycles. The fraction of sp³-hybridized carbons (Fsp3) is 0.200. The van der Waals surface area contributed by atoms with Gasteiger partial charge in [0.05, 0.1) is 11.1 Å². The SMILES string of the molecule is O=C(O)c1ccc2nc(CCc3ccccc3)c3c(c2c1)NCC3. The number of benzene rings is 2. The Morgan fingerprint density at radius 3 is 2.75 bits per heavy atom. The van der Waals surface area contributed by atoms with E-state index >= 15 is 0 Å².